The molecule has 6 heteroatoms. The van der Waals surface area contributed by atoms with E-state index in [1.165, 1.54) is 0 Å². The number of rotatable bonds is 3. The van der Waals surface area contributed by atoms with Crippen molar-refractivity contribution in [3.05, 3.63) is 0 Å². The second-order valence-corrected chi connectivity index (χ2v) is 3.03. The fourth-order valence-corrected chi connectivity index (χ4v) is 0.590. The van der Waals surface area contributed by atoms with Gasteiger partial charge in [-0.3, -0.25) is 4.79 Å². The highest BCUT2D eigenvalue weighted by molar-refractivity contribution is 7.40. The molecule has 0 aliphatic carbocycles. The molecule has 0 saturated carbocycles. The Balaban J connectivity index is 4.22. The van der Waals surface area contributed by atoms with Crippen molar-refractivity contribution in [1.82, 2.24) is 0 Å². The molecular formula is C4H6O5P+. The molecule has 0 heterocycles. The van der Waals surface area contributed by atoms with Gasteiger partial charge >= 0.3 is 14.0 Å². The average molecular weight is 165 g/mol. The molecule has 2 atom stereocenters. The first-order valence-corrected chi connectivity index (χ1v) is 3.67. The molecule has 0 rings (SSSR count). The molecule has 56 valence electrons. The van der Waals surface area contributed by atoms with Crippen molar-refractivity contribution >= 4 is 19.8 Å². The highest BCUT2D eigenvalue weighted by atomic mass is 31.1. The first-order valence-electron chi connectivity index (χ1n) is 2.39. The highest BCUT2D eigenvalue weighted by Gasteiger charge is 2.35. The van der Waals surface area contributed by atoms with Crippen LogP contribution in [0.1, 0.15) is 6.92 Å². The third-order valence-corrected chi connectivity index (χ3v) is 1.82. The molecule has 0 saturated heterocycles. The third kappa shape index (κ3) is 2.21. The number of carbonyl (C=O) groups is 2. The summed E-state index contributed by atoms with van der Waals surface area (Å²) in [6, 6.07) is 0. The molecule has 5 nitrogen and oxygen atoms in total. The smallest absolute Gasteiger partial charge is 0.475 e. The Labute approximate surface area is 57.5 Å². The van der Waals surface area contributed by atoms with Crippen LogP contribution in [0.2, 0.25) is 0 Å². The van der Waals surface area contributed by atoms with Gasteiger partial charge in [-0.25, -0.2) is 4.79 Å². The molecule has 0 aliphatic rings. The Morgan fingerprint density at radius 3 is 2.00 bits per heavy atom. The Kier molecular flexibility index (Phi) is 3.12. The number of carboxylic acids is 1. The zero-order chi connectivity index (χ0) is 8.31. The summed E-state index contributed by atoms with van der Waals surface area (Å²) in [5.41, 5.74) is -1.31. The van der Waals surface area contributed by atoms with Crippen molar-refractivity contribution in [3.8, 4) is 0 Å². The van der Waals surface area contributed by atoms with Crippen molar-refractivity contribution in [2.24, 2.45) is 0 Å². The van der Waals surface area contributed by atoms with Crippen molar-refractivity contribution in [2.45, 2.75) is 12.6 Å². The summed E-state index contributed by atoms with van der Waals surface area (Å²) in [7, 11) is -2.71. The molecule has 2 N–H and O–H groups in total. The predicted molar refractivity (Wildman–Crippen MR) is 31.9 cm³/mol. The van der Waals surface area contributed by atoms with Crippen LogP contribution >= 0.6 is 8.03 Å². The van der Waals surface area contributed by atoms with E-state index in [2.05, 4.69) is 0 Å². The van der Waals surface area contributed by atoms with Crippen LogP contribution in [0.4, 0.5) is 0 Å². The summed E-state index contributed by atoms with van der Waals surface area (Å²) in [5, 5.41) is 8.01. The van der Waals surface area contributed by atoms with Gasteiger partial charge in [-0.1, -0.05) is 0 Å². The van der Waals surface area contributed by atoms with Gasteiger partial charge < -0.3 is 5.11 Å². The van der Waals surface area contributed by atoms with E-state index in [0.717, 1.165) is 6.92 Å². The summed E-state index contributed by atoms with van der Waals surface area (Å²) in [5.74, 6) is -2.91. The van der Waals surface area contributed by atoms with Crippen LogP contribution in [0, 0.1) is 0 Å². The van der Waals surface area contributed by atoms with Gasteiger partial charge in [0.2, 0.25) is 0 Å². The maximum Gasteiger partial charge on any atom is 0.517 e. The highest BCUT2D eigenvalue weighted by Crippen LogP contribution is 2.21. The van der Waals surface area contributed by atoms with Crippen LogP contribution in [-0.2, 0) is 14.2 Å². The van der Waals surface area contributed by atoms with Gasteiger partial charge in [0.05, 0.1) is 0 Å². The third-order valence-electron chi connectivity index (χ3n) is 0.922. The molecule has 0 spiro atoms. The number of Topliss-reactive ketones (excluding diaryl/α,β-unsaturated/α-hetero) is 1. The Morgan fingerprint density at radius 1 is 1.50 bits per heavy atom. The van der Waals surface area contributed by atoms with Crippen LogP contribution in [0.5, 0.6) is 0 Å². The van der Waals surface area contributed by atoms with E-state index < -0.39 is 25.4 Å². The number of aliphatic carboxylic acids is 1. The minimum absolute atomic E-state index is 1.09. The van der Waals surface area contributed by atoms with Crippen molar-refractivity contribution < 1.29 is 24.2 Å². The lowest BCUT2D eigenvalue weighted by Crippen LogP contribution is -2.22. The Morgan fingerprint density at radius 2 is 1.90 bits per heavy atom. The molecule has 2 unspecified atom stereocenters. The minimum Gasteiger partial charge on any atom is -0.475 e. The lowest BCUT2D eigenvalue weighted by molar-refractivity contribution is -0.148. The van der Waals surface area contributed by atoms with E-state index in [4.69, 9.17) is 10.00 Å². The van der Waals surface area contributed by atoms with E-state index >= 15 is 0 Å². The molecule has 10 heavy (non-hydrogen) atoms. The van der Waals surface area contributed by atoms with Gasteiger partial charge in [0, 0.05) is 0 Å². The van der Waals surface area contributed by atoms with Gasteiger partial charge in [-0.2, -0.15) is 4.89 Å². The standard InChI is InChI=1S/C4H5O5P/c1-2(10(8)9)3(5)4(6)7/h2H,1H3,(H-,6,7,8,9)/p+1. The Hall–Kier alpha value is -0.800. The second kappa shape index (κ2) is 3.39. The monoisotopic (exact) mass is 165 g/mol. The summed E-state index contributed by atoms with van der Waals surface area (Å²) >= 11 is 0. The van der Waals surface area contributed by atoms with E-state index in [1.807, 2.05) is 0 Å². The normalized spacial score (nSPS) is 14.0. The molecule has 0 aromatic heterocycles. The second-order valence-electron chi connectivity index (χ2n) is 1.65. The first kappa shape index (κ1) is 9.20. The Bertz CT molecular complexity index is 186. The minimum atomic E-state index is -2.71. The summed E-state index contributed by atoms with van der Waals surface area (Å²) < 4.78 is 10.1. The molecule has 0 amide bonds. The fourth-order valence-electron chi connectivity index (χ4n) is 0.279. The van der Waals surface area contributed by atoms with Gasteiger partial charge in [0.1, 0.15) is 0 Å². The number of hydrogen-bond acceptors (Lipinski definition) is 3. The molecule has 0 bridgehead atoms. The van der Waals surface area contributed by atoms with Gasteiger partial charge in [-0.15, -0.1) is 0 Å². The molecule has 0 aromatic carbocycles. The number of hydrogen-bond donors (Lipinski definition) is 2. The van der Waals surface area contributed by atoms with Crippen molar-refractivity contribution in [3.63, 3.8) is 0 Å². The van der Waals surface area contributed by atoms with Crippen LogP contribution in [0.15, 0.2) is 0 Å². The SMILES string of the molecule is CC(C(=O)C(=O)O)[P+](=O)O. The number of ketones is 1. The van der Waals surface area contributed by atoms with E-state index in [0.29, 0.717) is 0 Å². The first-order chi connectivity index (χ1) is 4.46. The van der Waals surface area contributed by atoms with E-state index in [1.54, 1.807) is 0 Å². The zero-order valence-electron chi connectivity index (χ0n) is 5.14. The van der Waals surface area contributed by atoms with E-state index in [-0.39, 0.29) is 0 Å². The van der Waals surface area contributed by atoms with E-state index in [9.17, 15) is 14.2 Å². The van der Waals surface area contributed by atoms with Gasteiger partial charge in [0.15, 0.2) is 0 Å². The molecule has 0 aromatic rings. The molecule has 0 aliphatic heterocycles. The number of carbonyl (C=O) groups excluding carboxylic acids is 1. The summed E-state index contributed by atoms with van der Waals surface area (Å²) in [6.07, 6.45) is 0. The maximum absolute atomic E-state index is 10.3. The topological polar surface area (TPSA) is 91.7 Å². The van der Waals surface area contributed by atoms with Crippen LogP contribution in [-0.4, -0.2) is 27.4 Å². The summed E-state index contributed by atoms with van der Waals surface area (Å²) in [4.78, 5) is 28.5. The fraction of sp³-hybridized carbons (Fsp3) is 0.500. The van der Waals surface area contributed by atoms with Crippen LogP contribution in [0.3, 0.4) is 0 Å². The lowest BCUT2D eigenvalue weighted by Gasteiger charge is -1.88. The zero-order valence-corrected chi connectivity index (χ0v) is 6.04. The molecular weight excluding hydrogens is 159 g/mol. The van der Waals surface area contributed by atoms with Crippen LogP contribution in [0.25, 0.3) is 0 Å². The van der Waals surface area contributed by atoms with Crippen molar-refractivity contribution in [2.75, 3.05) is 0 Å². The van der Waals surface area contributed by atoms with Gasteiger partial charge in [-0.05, 0) is 11.5 Å². The predicted octanol–water partition coefficient (Wildman–Crippen LogP) is -0.237. The van der Waals surface area contributed by atoms with Gasteiger partial charge in [0.25, 0.3) is 11.4 Å². The summed E-state index contributed by atoms with van der Waals surface area (Å²) in [6.45, 7) is 1.09. The van der Waals surface area contributed by atoms with Crippen LogP contribution < -0.4 is 0 Å². The molecule has 0 fully saturated rings. The average Bonchev–Trinajstić information content (AvgIpc) is 1.84. The maximum atomic E-state index is 10.3. The quantitative estimate of drug-likeness (QED) is 0.444. The lowest BCUT2D eigenvalue weighted by atomic mass is 10.3. The number of carboxylic acid groups (broad SMARTS) is 1. The largest absolute Gasteiger partial charge is 0.517 e. The van der Waals surface area contributed by atoms with Crippen molar-refractivity contribution in [1.29, 1.82) is 0 Å². The molecule has 0 radical (unpaired) electrons.